The number of halogens is 1. The van der Waals surface area contributed by atoms with E-state index in [0.717, 1.165) is 12.1 Å². The van der Waals surface area contributed by atoms with Gasteiger partial charge in [-0.1, -0.05) is 6.07 Å². The van der Waals surface area contributed by atoms with Crippen molar-refractivity contribution in [2.45, 2.75) is 26.7 Å². The Morgan fingerprint density at radius 3 is 2.00 bits per heavy atom. The maximum Gasteiger partial charge on any atom is 0.329 e. The van der Waals surface area contributed by atoms with Crippen molar-refractivity contribution in [2.75, 3.05) is 7.11 Å². The Morgan fingerprint density at radius 1 is 0.875 bits per heavy atom. The Labute approximate surface area is 183 Å². The molecule has 8 heteroatoms. The van der Waals surface area contributed by atoms with Gasteiger partial charge in [0.25, 0.3) is 0 Å². The van der Waals surface area contributed by atoms with Gasteiger partial charge in [0.15, 0.2) is 28.5 Å². The summed E-state index contributed by atoms with van der Waals surface area (Å²) in [6, 6.07) is 9.40. The lowest BCUT2D eigenvalue weighted by Crippen LogP contribution is -2.33. The zero-order valence-corrected chi connectivity index (χ0v) is 17.8. The van der Waals surface area contributed by atoms with Crippen LogP contribution in [-0.2, 0) is 19.2 Å². The highest BCUT2D eigenvalue weighted by atomic mass is 19.1. The average Bonchev–Trinajstić information content (AvgIpc) is 3.55. The van der Waals surface area contributed by atoms with Crippen molar-refractivity contribution < 1.29 is 37.8 Å². The van der Waals surface area contributed by atoms with Crippen LogP contribution in [0.25, 0.3) is 6.08 Å². The number of hydrogen-bond donors (Lipinski definition) is 0. The number of allylic oxidation sites excluding steroid dienone is 1. The molecule has 0 aliphatic heterocycles. The summed E-state index contributed by atoms with van der Waals surface area (Å²) in [5.41, 5.74) is -1.03. The number of carbonyl (C=O) groups excluding carboxylic acids is 4. The van der Waals surface area contributed by atoms with Crippen LogP contribution in [0.5, 0.6) is 17.2 Å². The van der Waals surface area contributed by atoms with Gasteiger partial charge in [-0.25, -0.2) is 4.39 Å². The van der Waals surface area contributed by atoms with Crippen LogP contribution in [-0.4, -0.2) is 30.6 Å². The molecule has 32 heavy (non-hydrogen) atoms. The molecule has 1 aliphatic carbocycles. The minimum absolute atomic E-state index is 0.00557. The standard InChI is InChI=1S/C24H21FO7/c1-14(26)19(15(2)27)12-16-4-9-20(30-3)21(13-16)32-23(29)24(10-11-24)22(28)31-18-7-5-17(25)6-8-18/h4-9,12-13H,10-11H2,1-3H3. The van der Waals surface area contributed by atoms with Crippen molar-refractivity contribution in [2.24, 2.45) is 5.41 Å². The number of methoxy groups -OCH3 is 1. The summed E-state index contributed by atoms with van der Waals surface area (Å²) in [6.07, 6.45) is 1.87. The molecule has 0 amide bonds. The van der Waals surface area contributed by atoms with Crippen molar-refractivity contribution in [1.29, 1.82) is 0 Å². The Morgan fingerprint density at radius 2 is 1.47 bits per heavy atom. The molecule has 2 aromatic rings. The molecule has 0 aromatic heterocycles. The van der Waals surface area contributed by atoms with E-state index in [-0.39, 0.29) is 35.7 Å². The first kappa shape index (κ1) is 22.9. The summed E-state index contributed by atoms with van der Waals surface area (Å²) >= 11 is 0. The fourth-order valence-electron chi connectivity index (χ4n) is 3.00. The molecule has 0 bridgehead atoms. The maximum atomic E-state index is 13.0. The SMILES string of the molecule is COc1ccc(C=C(C(C)=O)C(C)=O)cc1OC(=O)C1(C(=O)Oc2ccc(F)cc2)CC1. The predicted octanol–water partition coefficient (Wildman–Crippen LogP) is 3.69. The summed E-state index contributed by atoms with van der Waals surface area (Å²) in [7, 11) is 1.38. The molecule has 0 atom stereocenters. The van der Waals surface area contributed by atoms with Crippen LogP contribution in [0.2, 0.25) is 0 Å². The summed E-state index contributed by atoms with van der Waals surface area (Å²) < 4.78 is 28.9. The lowest BCUT2D eigenvalue weighted by atomic mass is 10.0. The van der Waals surface area contributed by atoms with Crippen LogP contribution in [0.1, 0.15) is 32.3 Å². The second kappa shape index (κ2) is 9.13. The van der Waals surface area contributed by atoms with E-state index in [1.54, 1.807) is 6.07 Å². The number of hydrogen-bond acceptors (Lipinski definition) is 7. The van der Waals surface area contributed by atoms with E-state index in [1.165, 1.54) is 51.3 Å². The smallest absolute Gasteiger partial charge is 0.329 e. The molecular formula is C24H21FO7. The van der Waals surface area contributed by atoms with Crippen LogP contribution < -0.4 is 14.2 Å². The second-order valence-electron chi connectivity index (χ2n) is 7.40. The fourth-order valence-corrected chi connectivity index (χ4v) is 3.00. The van der Waals surface area contributed by atoms with E-state index in [4.69, 9.17) is 14.2 Å². The third kappa shape index (κ3) is 4.91. The summed E-state index contributed by atoms with van der Waals surface area (Å²) in [5.74, 6) is -2.52. The lowest BCUT2D eigenvalue weighted by molar-refractivity contribution is -0.153. The van der Waals surface area contributed by atoms with Crippen molar-refractivity contribution in [3.8, 4) is 17.2 Å². The molecule has 0 spiro atoms. The van der Waals surface area contributed by atoms with Crippen LogP contribution in [0.4, 0.5) is 4.39 Å². The Bertz CT molecular complexity index is 1100. The summed E-state index contributed by atoms with van der Waals surface area (Å²) in [4.78, 5) is 48.8. The van der Waals surface area contributed by atoms with E-state index >= 15 is 0 Å². The maximum absolute atomic E-state index is 13.0. The van der Waals surface area contributed by atoms with Gasteiger partial charge in [0.1, 0.15) is 11.6 Å². The highest BCUT2D eigenvalue weighted by molar-refractivity contribution is 6.21. The van der Waals surface area contributed by atoms with Gasteiger partial charge >= 0.3 is 11.9 Å². The molecule has 0 saturated heterocycles. The van der Waals surface area contributed by atoms with E-state index in [1.807, 2.05) is 0 Å². The summed E-state index contributed by atoms with van der Waals surface area (Å²) in [5, 5.41) is 0. The Kier molecular flexibility index (Phi) is 6.53. The van der Waals surface area contributed by atoms with E-state index < -0.39 is 34.7 Å². The molecule has 1 aliphatic rings. The largest absolute Gasteiger partial charge is 0.493 e. The molecule has 2 aromatic carbocycles. The number of ketones is 2. The van der Waals surface area contributed by atoms with Gasteiger partial charge in [0, 0.05) is 0 Å². The van der Waals surface area contributed by atoms with Gasteiger partial charge in [-0.15, -0.1) is 0 Å². The molecule has 0 unspecified atom stereocenters. The second-order valence-corrected chi connectivity index (χ2v) is 7.40. The molecule has 0 radical (unpaired) electrons. The van der Waals surface area contributed by atoms with Gasteiger partial charge in [0.2, 0.25) is 0 Å². The predicted molar refractivity (Wildman–Crippen MR) is 112 cm³/mol. The third-order valence-electron chi connectivity index (χ3n) is 5.02. The van der Waals surface area contributed by atoms with Crippen LogP contribution >= 0.6 is 0 Å². The van der Waals surface area contributed by atoms with Gasteiger partial charge in [0.05, 0.1) is 12.7 Å². The first-order chi connectivity index (χ1) is 15.2. The van der Waals surface area contributed by atoms with Gasteiger partial charge < -0.3 is 14.2 Å². The number of rotatable bonds is 8. The minimum Gasteiger partial charge on any atom is -0.493 e. The number of esters is 2. The third-order valence-corrected chi connectivity index (χ3v) is 5.02. The fraction of sp³-hybridized carbons (Fsp3) is 0.250. The average molecular weight is 440 g/mol. The van der Waals surface area contributed by atoms with Crippen LogP contribution in [0.3, 0.4) is 0 Å². The van der Waals surface area contributed by atoms with Crippen LogP contribution in [0, 0.1) is 11.2 Å². The first-order valence-electron chi connectivity index (χ1n) is 9.78. The molecule has 3 rings (SSSR count). The number of carbonyl (C=O) groups is 4. The molecule has 7 nitrogen and oxygen atoms in total. The Hall–Kier alpha value is -3.81. The monoisotopic (exact) mass is 440 g/mol. The van der Waals surface area contributed by atoms with Crippen molar-refractivity contribution in [3.63, 3.8) is 0 Å². The van der Waals surface area contributed by atoms with E-state index in [9.17, 15) is 23.6 Å². The molecule has 1 saturated carbocycles. The highest BCUT2D eigenvalue weighted by Gasteiger charge is 2.60. The number of Topliss-reactive ketones (excluding diaryl/α,β-unsaturated/α-hetero) is 2. The number of ether oxygens (including phenoxy) is 3. The minimum atomic E-state index is -1.46. The first-order valence-corrected chi connectivity index (χ1v) is 9.78. The molecular weight excluding hydrogens is 419 g/mol. The number of benzene rings is 2. The van der Waals surface area contributed by atoms with Crippen molar-refractivity contribution in [1.82, 2.24) is 0 Å². The van der Waals surface area contributed by atoms with Crippen LogP contribution in [0.15, 0.2) is 48.0 Å². The summed E-state index contributed by atoms with van der Waals surface area (Å²) in [6.45, 7) is 2.56. The van der Waals surface area contributed by atoms with E-state index in [0.29, 0.717) is 5.56 Å². The molecule has 0 heterocycles. The topological polar surface area (TPSA) is 96.0 Å². The van der Waals surface area contributed by atoms with Gasteiger partial charge in [-0.3, -0.25) is 19.2 Å². The molecule has 0 N–H and O–H groups in total. The van der Waals surface area contributed by atoms with Gasteiger partial charge in [-0.05, 0) is 74.7 Å². The zero-order chi connectivity index (χ0) is 23.5. The normalized spacial score (nSPS) is 13.5. The Balaban J connectivity index is 1.82. The lowest BCUT2D eigenvalue weighted by Gasteiger charge is -2.15. The highest BCUT2D eigenvalue weighted by Crippen LogP contribution is 2.48. The van der Waals surface area contributed by atoms with Crippen molar-refractivity contribution in [3.05, 3.63) is 59.4 Å². The van der Waals surface area contributed by atoms with E-state index in [2.05, 4.69) is 0 Å². The quantitative estimate of drug-likeness (QED) is 0.203. The molecule has 1 fully saturated rings. The molecule has 166 valence electrons. The zero-order valence-electron chi connectivity index (χ0n) is 17.8. The van der Waals surface area contributed by atoms with Crippen molar-refractivity contribution >= 4 is 29.6 Å². The van der Waals surface area contributed by atoms with Gasteiger partial charge in [-0.2, -0.15) is 0 Å².